The quantitative estimate of drug-likeness (QED) is 0.805. The molecule has 1 N–H and O–H groups in total. The fraction of sp³-hybridized carbons (Fsp3) is 0.500. The van der Waals surface area contributed by atoms with Gasteiger partial charge in [0.2, 0.25) is 0 Å². The van der Waals surface area contributed by atoms with Crippen molar-refractivity contribution >= 4 is 0 Å². The van der Waals surface area contributed by atoms with Crippen molar-refractivity contribution in [3.63, 3.8) is 0 Å². The van der Waals surface area contributed by atoms with Crippen LogP contribution in [0.4, 0.5) is 0 Å². The van der Waals surface area contributed by atoms with Gasteiger partial charge < -0.3 is 14.8 Å². The minimum Gasteiger partial charge on any atom is -0.497 e. The molecule has 0 radical (unpaired) electrons. The van der Waals surface area contributed by atoms with Crippen molar-refractivity contribution in [2.45, 2.75) is 19.4 Å². The fourth-order valence-corrected chi connectivity index (χ4v) is 1.01. The minimum absolute atomic E-state index is 0.0140. The third-order valence-corrected chi connectivity index (χ3v) is 2.34. The second kappa shape index (κ2) is 5.03. The molecule has 0 fully saturated rings. The summed E-state index contributed by atoms with van der Waals surface area (Å²) in [6.45, 7) is 4.82. The van der Waals surface area contributed by atoms with Gasteiger partial charge in [-0.2, -0.15) is 0 Å². The van der Waals surface area contributed by atoms with Gasteiger partial charge in [-0.3, -0.25) is 0 Å². The summed E-state index contributed by atoms with van der Waals surface area (Å²) < 4.78 is 10.7. The van der Waals surface area contributed by atoms with Gasteiger partial charge in [-0.15, -0.1) is 0 Å². The lowest BCUT2D eigenvalue weighted by Gasteiger charge is -2.23. The first-order chi connectivity index (χ1) is 7.07. The fourth-order valence-electron chi connectivity index (χ4n) is 1.01. The second-order valence-electron chi connectivity index (χ2n) is 4.10. The Kier molecular flexibility index (Phi) is 3.97. The lowest BCUT2D eigenvalue weighted by Crippen LogP contribution is -2.42. The molecule has 0 aliphatic carbocycles. The van der Waals surface area contributed by atoms with E-state index in [0.717, 1.165) is 11.5 Å². The van der Waals surface area contributed by atoms with Gasteiger partial charge >= 0.3 is 0 Å². The van der Waals surface area contributed by atoms with Gasteiger partial charge in [0.1, 0.15) is 18.1 Å². The zero-order chi connectivity index (χ0) is 11.3. The molecule has 0 bridgehead atoms. The van der Waals surface area contributed by atoms with Crippen molar-refractivity contribution in [2.24, 2.45) is 0 Å². The van der Waals surface area contributed by atoms with Gasteiger partial charge in [0.15, 0.2) is 0 Å². The van der Waals surface area contributed by atoms with Gasteiger partial charge in [-0.25, -0.2) is 0 Å². The van der Waals surface area contributed by atoms with Crippen LogP contribution in [-0.2, 0) is 0 Å². The maximum atomic E-state index is 5.64. The van der Waals surface area contributed by atoms with Gasteiger partial charge in [-0.1, -0.05) is 0 Å². The number of hydrogen-bond donors (Lipinski definition) is 1. The van der Waals surface area contributed by atoms with E-state index in [9.17, 15) is 0 Å². The van der Waals surface area contributed by atoms with E-state index in [1.54, 1.807) is 7.11 Å². The lowest BCUT2D eigenvalue weighted by molar-refractivity contribution is 0.217. The first-order valence-electron chi connectivity index (χ1n) is 5.03. The lowest BCUT2D eigenvalue weighted by atomic mass is 10.1. The summed E-state index contributed by atoms with van der Waals surface area (Å²) >= 11 is 0. The molecular weight excluding hydrogens is 190 g/mol. The third kappa shape index (κ3) is 3.80. The second-order valence-corrected chi connectivity index (χ2v) is 4.10. The zero-order valence-corrected chi connectivity index (χ0v) is 9.83. The van der Waals surface area contributed by atoms with Crippen LogP contribution in [0.5, 0.6) is 11.5 Å². The van der Waals surface area contributed by atoms with Gasteiger partial charge in [0.25, 0.3) is 0 Å². The Balaban J connectivity index is 2.51. The number of likely N-dealkylation sites (N-methyl/N-ethyl adjacent to an activating group) is 1. The minimum atomic E-state index is -0.0140. The van der Waals surface area contributed by atoms with Crippen molar-refractivity contribution in [2.75, 3.05) is 20.8 Å². The van der Waals surface area contributed by atoms with Gasteiger partial charge in [0.05, 0.1) is 7.11 Å². The average Bonchev–Trinajstić information content (AvgIpc) is 2.27. The highest BCUT2D eigenvalue weighted by atomic mass is 16.5. The first-order valence-corrected chi connectivity index (χ1v) is 5.03. The molecule has 0 saturated heterocycles. The van der Waals surface area contributed by atoms with Gasteiger partial charge in [-0.05, 0) is 45.2 Å². The van der Waals surface area contributed by atoms with Crippen molar-refractivity contribution in [1.82, 2.24) is 5.32 Å². The maximum Gasteiger partial charge on any atom is 0.119 e. The topological polar surface area (TPSA) is 30.5 Å². The predicted molar refractivity (Wildman–Crippen MR) is 61.6 cm³/mol. The summed E-state index contributed by atoms with van der Waals surface area (Å²) in [5.74, 6) is 1.70. The Labute approximate surface area is 91.4 Å². The van der Waals surface area contributed by atoms with Crippen LogP contribution in [0.3, 0.4) is 0 Å². The average molecular weight is 209 g/mol. The van der Waals surface area contributed by atoms with Crippen LogP contribution in [0.1, 0.15) is 13.8 Å². The van der Waals surface area contributed by atoms with E-state index in [1.165, 1.54) is 0 Å². The molecule has 0 aliphatic rings. The molecule has 3 heteroatoms. The molecule has 0 amide bonds. The van der Waals surface area contributed by atoms with Crippen LogP contribution in [0.25, 0.3) is 0 Å². The number of methoxy groups -OCH3 is 1. The van der Waals surface area contributed by atoms with E-state index < -0.39 is 0 Å². The van der Waals surface area contributed by atoms with Crippen LogP contribution >= 0.6 is 0 Å². The monoisotopic (exact) mass is 209 g/mol. The molecule has 0 heterocycles. The number of hydrogen-bond acceptors (Lipinski definition) is 3. The molecule has 3 nitrogen and oxygen atoms in total. The summed E-state index contributed by atoms with van der Waals surface area (Å²) in [6, 6.07) is 7.60. The molecule has 15 heavy (non-hydrogen) atoms. The van der Waals surface area contributed by atoms with E-state index in [1.807, 2.05) is 31.3 Å². The summed E-state index contributed by atoms with van der Waals surface area (Å²) in [5, 5.41) is 3.18. The molecule has 1 aromatic carbocycles. The summed E-state index contributed by atoms with van der Waals surface area (Å²) in [7, 11) is 3.58. The summed E-state index contributed by atoms with van der Waals surface area (Å²) in [5.41, 5.74) is -0.0140. The SMILES string of the molecule is CNC(C)(C)COc1ccc(OC)cc1. The molecule has 1 rings (SSSR count). The predicted octanol–water partition coefficient (Wildman–Crippen LogP) is 2.07. The standard InChI is InChI=1S/C12H19NO2/c1-12(2,13-3)9-15-11-7-5-10(14-4)6-8-11/h5-8,13H,9H2,1-4H3. The van der Waals surface area contributed by atoms with E-state index in [4.69, 9.17) is 9.47 Å². The summed E-state index contributed by atoms with van der Waals surface area (Å²) in [6.07, 6.45) is 0. The van der Waals surface area contributed by atoms with Crippen LogP contribution < -0.4 is 14.8 Å². The Hall–Kier alpha value is -1.22. The highest BCUT2D eigenvalue weighted by Gasteiger charge is 2.15. The molecule has 1 aromatic rings. The number of benzene rings is 1. The molecular formula is C12H19NO2. The van der Waals surface area contributed by atoms with Crippen molar-refractivity contribution < 1.29 is 9.47 Å². The molecule has 0 aromatic heterocycles. The smallest absolute Gasteiger partial charge is 0.119 e. The molecule has 0 atom stereocenters. The van der Waals surface area contributed by atoms with Gasteiger partial charge in [0, 0.05) is 5.54 Å². The number of rotatable bonds is 5. The van der Waals surface area contributed by atoms with Crippen molar-refractivity contribution in [3.8, 4) is 11.5 Å². The maximum absolute atomic E-state index is 5.64. The zero-order valence-electron chi connectivity index (χ0n) is 9.83. The Morgan fingerprint density at radius 3 is 2.13 bits per heavy atom. The molecule has 0 spiro atoms. The van der Waals surface area contributed by atoms with E-state index in [-0.39, 0.29) is 5.54 Å². The highest BCUT2D eigenvalue weighted by molar-refractivity contribution is 5.31. The van der Waals surface area contributed by atoms with Crippen LogP contribution in [-0.4, -0.2) is 26.3 Å². The molecule has 0 unspecified atom stereocenters. The largest absolute Gasteiger partial charge is 0.497 e. The number of ether oxygens (including phenoxy) is 2. The van der Waals surface area contributed by atoms with Crippen LogP contribution in [0.15, 0.2) is 24.3 Å². The Morgan fingerprint density at radius 2 is 1.67 bits per heavy atom. The molecule has 0 saturated carbocycles. The summed E-state index contributed by atoms with van der Waals surface area (Å²) in [4.78, 5) is 0. The Morgan fingerprint density at radius 1 is 1.13 bits per heavy atom. The Bertz CT molecular complexity index is 293. The van der Waals surface area contributed by atoms with E-state index in [2.05, 4.69) is 19.2 Å². The highest BCUT2D eigenvalue weighted by Crippen LogP contribution is 2.18. The molecule has 0 aliphatic heterocycles. The normalized spacial score (nSPS) is 11.2. The first kappa shape index (κ1) is 11.9. The van der Waals surface area contributed by atoms with E-state index in [0.29, 0.717) is 6.61 Å². The van der Waals surface area contributed by atoms with Crippen molar-refractivity contribution in [3.05, 3.63) is 24.3 Å². The van der Waals surface area contributed by atoms with Crippen LogP contribution in [0, 0.1) is 0 Å². The van der Waals surface area contributed by atoms with E-state index >= 15 is 0 Å². The number of nitrogens with one attached hydrogen (secondary N) is 1. The van der Waals surface area contributed by atoms with Crippen LogP contribution in [0.2, 0.25) is 0 Å². The molecule has 84 valence electrons. The van der Waals surface area contributed by atoms with Crippen molar-refractivity contribution in [1.29, 1.82) is 0 Å². The third-order valence-electron chi connectivity index (χ3n) is 2.34.